The van der Waals surface area contributed by atoms with Crippen LogP contribution in [0.25, 0.3) is 0 Å². The summed E-state index contributed by atoms with van der Waals surface area (Å²) in [6, 6.07) is 9.98. The Morgan fingerprint density at radius 3 is 2.57 bits per heavy atom. The molecule has 30 heavy (non-hydrogen) atoms. The predicted octanol–water partition coefficient (Wildman–Crippen LogP) is 2.45. The van der Waals surface area contributed by atoms with E-state index in [2.05, 4.69) is 5.32 Å². The number of nitro groups is 1. The van der Waals surface area contributed by atoms with E-state index in [9.17, 15) is 19.7 Å². The molecular formula is C21H23N3O6. The summed E-state index contributed by atoms with van der Waals surface area (Å²) in [5.74, 6) is -0.687. The summed E-state index contributed by atoms with van der Waals surface area (Å²) in [7, 11) is 2.66. The number of carbonyl (C=O) groups excluding carboxylic acids is 2. The van der Waals surface area contributed by atoms with Gasteiger partial charge in [-0.2, -0.15) is 0 Å². The van der Waals surface area contributed by atoms with Gasteiger partial charge < -0.3 is 14.8 Å². The zero-order valence-electron chi connectivity index (χ0n) is 17.0. The molecule has 9 heteroatoms. The SMILES string of the molecule is COC(=O)[C@H]1Cc2ccccc2CN1CC(=O)Nc1cc(OC)c([N+](=O)[O-])cc1C. The molecule has 3 rings (SSSR count). The van der Waals surface area contributed by atoms with Crippen LogP contribution in [0.15, 0.2) is 36.4 Å². The molecule has 0 unspecified atom stereocenters. The second-order valence-electron chi connectivity index (χ2n) is 7.06. The third kappa shape index (κ3) is 4.41. The van der Waals surface area contributed by atoms with Gasteiger partial charge in [0.25, 0.3) is 0 Å². The highest BCUT2D eigenvalue weighted by Crippen LogP contribution is 2.33. The average Bonchev–Trinajstić information content (AvgIpc) is 2.73. The number of carbonyl (C=O) groups is 2. The third-order valence-corrected chi connectivity index (χ3v) is 5.16. The van der Waals surface area contributed by atoms with E-state index in [0.717, 1.165) is 11.1 Å². The predicted molar refractivity (Wildman–Crippen MR) is 109 cm³/mol. The molecule has 1 atom stereocenters. The summed E-state index contributed by atoms with van der Waals surface area (Å²) in [6.45, 7) is 2.06. The lowest BCUT2D eigenvalue weighted by atomic mass is 9.94. The molecule has 1 N–H and O–H groups in total. The molecule has 2 aromatic rings. The molecule has 1 heterocycles. The summed E-state index contributed by atoms with van der Waals surface area (Å²) < 4.78 is 10.00. The summed E-state index contributed by atoms with van der Waals surface area (Å²) in [6.07, 6.45) is 0.459. The zero-order chi connectivity index (χ0) is 21.8. The normalized spacial score (nSPS) is 15.8. The van der Waals surface area contributed by atoms with Crippen LogP contribution in [0.3, 0.4) is 0 Å². The number of esters is 1. The number of nitrogens with one attached hydrogen (secondary N) is 1. The summed E-state index contributed by atoms with van der Waals surface area (Å²) >= 11 is 0. The lowest BCUT2D eigenvalue weighted by Gasteiger charge is -2.34. The highest BCUT2D eigenvalue weighted by atomic mass is 16.6. The van der Waals surface area contributed by atoms with Gasteiger partial charge in [0.05, 0.1) is 25.7 Å². The zero-order valence-corrected chi connectivity index (χ0v) is 17.0. The molecule has 0 bridgehead atoms. The van der Waals surface area contributed by atoms with Crippen LogP contribution < -0.4 is 10.1 Å². The maximum atomic E-state index is 12.7. The van der Waals surface area contributed by atoms with Crippen molar-refractivity contribution in [3.05, 3.63) is 63.2 Å². The Labute approximate surface area is 173 Å². The number of nitro benzene ring substituents is 1. The molecule has 0 saturated carbocycles. The molecule has 1 amide bonds. The first-order valence-corrected chi connectivity index (χ1v) is 9.35. The summed E-state index contributed by atoms with van der Waals surface area (Å²) in [5, 5.41) is 13.9. The minimum Gasteiger partial charge on any atom is -0.490 e. The van der Waals surface area contributed by atoms with Gasteiger partial charge in [-0.25, -0.2) is 0 Å². The van der Waals surface area contributed by atoms with Crippen molar-refractivity contribution in [3.8, 4) is 5.75 Å². The van der Waals surface area contributed by atoms with Crippen molar-refractivity contribution in [3.63, 3.8) is 0 Å². The van der Waals surface area contributed by atoms with E-state index in [0.29, 0.717) is 24.2 Å². The molecule has 0 spiro atoms. The van der Waals surface area contributed by atoms with Gasteiger partial charge in [-0.3, -0.25) is 24.6 Å². The van der Waals surface area contributed by atoms with Crippen LogP contribution in [-0.2, 0) is 27.3 Å². The fourth-order valence-corrected chi connectivity index (χ4v) is 3.60. The number of rotatable bonds is 6. The largest absolute Gasteiger partial charge is 0.490 e. The molecule has 1 aliphatic heterocycles. The smallest absolute Gasteiger partial charge is 0.323 e. The van der Waals surface area contributed by atoms with E-state index in [1.807, 2.05) is 24.3 Å². The second kappa shape index (κ2) is 8.91. The van der Waals surface area contributed by atoms with Crippen molar-refractivity contribution < 1.29 is 24.0 Å². The Bertz CT molecular complexity index is 991. The molecule has 0 fully saturated rings. The van der Waals surface area contributed by atoms with Gasteiger partial charge in [0.2, 0.25) is 5.91 Å². The Hall–Kier alpha value is -3.46. The average molecular weight is 413 g/mol. The van der Waals surface area contributed by atoms with Gasteiger partial charge in [-0.1, -0.05) is 24.3 Å². The lowest BCUT2D eigenvalue weighted by molar-refractivity contribution is -0.385. The molecule has 0 aliphatic carbocycles. The molecular weight excluding hydrogens is 390 g/mol. The first-order valence-electron chi connectivity index (χ1n) is 9.35. The van der Waals surface area contributed by atoms with Crippen molar-refractivity contribution in [1.29, 1.82) is 0 Å². The van der Waals surface area contributed by atoms with Gasteiger partial charge in [0, 0.05) is 24.4 Å². The number of aryl methyl sites for hydroxylation is 1. The van der Waals surface area contributed by atoms with E-state index in [-0.39, 0.29) is 23.9 Å². The summed E-state index contributed by atoms with van der Waals surface area (Å²) in [5.41, 5.74) is 2.88. The van der Waals surface area contributed by atoms with E-state index in [1.165, 1.54) is 26.4 Å². The number of amides is 1. The second-order valence-corrected chi connectivity index (χ2v) is 7.06. The van der Waals surface area contributed by atoms with Crippen molar-refractivity contribution in [2.75, 3.05) is 26.1 Å². The van der Waals surface area contributed by atoms with Crippen LogP contribution in [0.4, 0.5) is 11.4 Å². The third-order valence-electron chi connectivity index (χ3n) is 5.16. The maximum Gasteiger partial charge on any atom is 0.323 e. The van der Waals surface area contributed by atoms with Crippen LogP contribution in [0.2, 0.25) is 0 Å². The quantitative estimate of drug-likeness (QED) is 0.440. The fraction of sp³-hybridized carbons (Fsp3) is 0.333. The van der Waals surface area contributed by atoms with Crippen molar-refractivity contribution in [1.82, 2.24) is 4.90 Å². The molecule has 1 aliphatic rings. The number of anilines is 1. The highest BCUT2D eigenvalue weighted by molar-refractivity contribution is 5.94. The monoisotopic (exact) mass is 413 g/mol. The minimum absolute atomic E-state index is 0.0349. The van der Waals surface area contributed by atoms with Crippen LogP contribution in [0, 0.1) is 17.0 Å². The van der Waals surface area contributed by atoms with E-state index in [1.54, 1.807) is 11.8 Å². The van der Waals surface area contributed by atoms with Gasteiger partial charge in [0.1, 0.15) is 6.04 Å². The van der Waals surface area contributed by atoms with Gasteiger partial charge in [-0.15, -0.1) is 0 Å². The van der Waals surface area contributed by atoms with Crippen molar-refractivity contribution in [2.45, 2.75) is 25.9 Å². The number of ether oxygens (including phenoxy) is 2. The Morgan fingerprint density at radius 2 is 1.93 bits per heavy atom. The number of methoxy groups -OCH3 is 2. The molecule has 158 valence electrons. The van der Waals surface area contributed by atoms with Crippen LogP contribution in [0.1, 0.15) is 16.7 Å². The van der Waals surface area contributed by atoms with Crippen LogP contribution >= 0.6 is 0 Å². The molecule has 9 nitrogen and oxygen atoms in total. The molecule has 0 aromatic heterocycles. The molecule has 0 saturated heterocycles. The number of nitrogens with zero attached hydrogens (tertiary/aromatic N) is 2. The van der Waals surface area contributed by atoms with E-state index < -0.39 is 16.9 Å². The topological polar surface area (TPSA) is 111 Å². The van der Waals surface area contributed by atoms with Gasteiger partial charge in [0.15, 0.2) is 5.75 Å². The van der Waals surface area contributed by atoms with E-state index >= 15 is 0 Å². The first-order chi connectivity index (χ1) is 14.3. The Morgan fingerprint density at radius 1 is 1.23 bits per heavy atom. The lowest BCUT2D eigenvalue weighted by Crippen LogP contribution is -2.49. The van der Waals surface area contributed by atoms with E-state index in [4.69, 9.17) is 9.47 Å². The summed E-state index contributed by atoms with van der Waals surface area (Å²) in [4.78, 5) is 37.4. The minimum atomic E-state index is -0.567. The van der Waals surface area contributed by atoms with Crippen LogP contribution in [0.5, 0.6) is 5.75 Å². The van der Waals surface area contributed by atoms with Gasteiger partial charge in [-0.05, 0) is 30.0 Å². The Kier molecular flexibility index (Phi) is 6.31. The maximum absolute atomic E-state index is 12.7. The number of fused-ring (bicyclic) bond motifs is 1. The number of benzene rings is 2. The number of hydrogen-bond acceptors (Lipinski definition) is 7. The molecule has 0 radical (unpaired) electrons. The van der Waals surface area contributed by atoms with Crippen molar-refractivity contribution in [2.24, 2.45) is 0 Å². The number of hydrogen-bond donors (Lipinski definition) is 1. The van der Waals surface area contributed by atoms with Crippen molar-refractivity contribution >= 4 is 23.3 Å². The van der Waals surface area contributed by atoms with Gasteiger partial charge >= 0.3 is 11.7 Å². The Balaban J connectivity index is 1.79. The standard InChI is InChI=1S/C21H23N3O6/c1-13-8-17(24(27)28)19(29-2)10-16(13)22-20(25)12-23-11-15-7-5-4-6-14(15)9-18(23)21(26)30-3/h4-8,10,18H,9,11-12H2,1-3H3,(H,22,25)/t18-/m1/s1. The fourth-order valence-electron chi connectivity index (χ4n) is 3.60. The first kappa shape index (κ1) is 21.3. The van der Waals surface area contributed by atoms with Crippen LogP contribution in [-0.4, -0.2) is 48.5 Å². The molecule has 2 aromatic carbocycles. The highest BCUT2D eigenvalue weighted by Gasteiger charge is 2.33.